The molecule has 0 aromatic heterocycles. The van der Waals surface area contributed by atoms with Crippen LogP contribution in [0.3, 0.4) is 0 Å². The van der Waals surface area contributed by atoms with E-state index in [1.54, 1.807) is 7.11 Å². The fourth-order valence-corrected chi connectivity index (χ4v) is 5.12. The van der Waals surface area contributed by atoms with E-state index in [9.17, 15) is 13.2 Å². The lowest BCUT2D eigenvalue weighted by Gasteiger charge is -2.49. The highest BCUT2D eigenvalue weighted by molar-refractivity contribution is 5.49. The zero-order valence-corrected chi connectivity index (χ0v) is 18.0. The first kappa shape index (κ1) is 21.8. The lowest BCUT2D eigenvalue weighted by atomic mass is 9.79. The predicted molar refractivity (Wildman–Crippen MR) is 110 cm³/mol. The maximum Gasteiger partial charge on any atom is 0.389 e. The van der Waals surface area contributed by atoms with Crippen LogP contribution in [0.2, 0.25) is 0 Å². The van der Waals surface area contributed by atoms with E-state index >= 15 is 0 Å². The summed E-state index contributed by atoms with van der Waals surface area (Å²) in [7, 11) is 3.83. The summed E-state index contributed by atoms with van der Waals surface area (Å²) in [4.78, 5) is 5.12. The van der Waals surface area contributed by atoms with Gasteiger partial charge in [-0.25, -0.2) is 0 Å². The SMILES string of the molecule is COc1cc2c(cc1OCCCC(F)(F)F)CCN1C[C@@H](CC3CCC3)N(C)C[C@H]21. The Balaban J connectivity index is 1.44. The third-order valence-electron chi connectivity index (χ3n) is 7.12. The van der Waals surface area contributed by atoms with E-state index < -0.39 is 12.6 Å². The summed E-state index contributed by atoms with van der Waals surface area (Å²) in [6.07, 6.45) is 1.39. The summed E-state index contributed by atoms with van der Waals surface area (Å²) in [6, 6.07) is 5.00. The second-order valence-corrected chi connectivity index (χ2v) is 9.16. The molecule has 0 bridgehead atoms. The quantitative estimate of drug-likeness (QED) is 0.584. The van der Waals surface area contributed by atoms with Crippen LogP contribution in [-0.4, -0.2) is 62.4 Å². The number of piperazine rings is 1. The molecule has 0 N–H and O–H groups in total. The van der Waals surface area contributed by atoms with Gasteiger partial charge in [0.15, 0.2) is 11.5 Å². The number of likely N-dealkylation sites (N-methyl/N-ethyl adjacent to an activating group) is 1. The number of nitrogens with zero attached hydrogens (tertiary/aromatic N) is 2. The van der Waals surface area contributed by atoms with E-state index in [1.165, 1.54) is 36.8 Å². The zero-order valence-electron chi connectivity index (χ0n) is 18.0. The van der Waals surface area contributed by atoms with Gasteiger partial charge in [-0.2, -0.15) is 13.2 Å². The van der Waals surface area contributed by atoms with Crippen molar-refractivity contribution in [2.24, 2.45) is 5.92 Å². The molecular weight excluding hydrogens is 393 g/mol. The molecule has 2 atom stereocenters. The molecule has 2 fully saturated rings. The molecule has 1 saturated heterocycles. The monoisotopic (exact) mass is 426 g/mol. The first-order valence-corrected chi connectivity index (χ1v) is 11.2. The number of hydrogen-bond donors (Lipinski definition) is 0. The van der Waals surface area contributed by atoms with Crippen LogP contribution in [0.4, 0.5) is 13.2 Å². The highest BCUT2D eigenvalue weighted by Gasteiger charge is 2.38. The van der Waals surface area contributed by atoms with Gasteiger partial charge in [-0.1, -0.05) is 19.3 Å². The highest BCUT2D eigenvalue weighted by Crippen LogP contribution is 2.41. The summed E-state index contributed by atoms with van der Waals surface area (Å²) < 4.78 is 48.3. The third-order valence-corrected chi connectivity index (χ3v) is 7.12. The molecule has 3 aliphatic rings. The first-order valence-electron chi connectivity index (χ1n) is 11.2. The summed E-state index contributed by atoms with van der Waals surface area (Å²) in [5.41, 5.74) is 2.50. The Morgan fingerprint density at radius 2 is 1.93 bits per heavy atom. The summed E-state index contributed by atoms with van der Waals surface area (Å²) in [6.45, 7) is 3.16. The van der Waals surface area contributed by atoms with Gasteiger partial charge < -0.3 is 14.4 Å². The van der Waals surface area contributed by atoms with Crippen LogP contribution in [0.25, 0.3) is 0 Å². The molecule has 1 aromatic rings. The zero-order chi connectivity index (χ0) is 21.3. The van der Waals surface area contributed by atoms with Crippen LogP contribution < -0.4 is 9.47 Å². The Morgan fingerprint density at radius 1 is 1.13 bits per heavy atom. The van der Waals surface area contributed by atoms with Crippen molar-refractivity contribution in [2.75, 3.05) is 40.4 Å². The van der Waals surface area contributed by atoms with E-state index in [2.05, 4.69) is 16.8 Å². The Hall–Kier alpha value is -1.47. The van der Waals surface area contributed by atoms with Crippen LogP contribution >= 0.6 is 0 Å². The van der Waals surface area contributed by atoms with Crippen molar-refractivity contribution in [2.45, 2.75) is 63.2 Å². The van der Waals surface area contributed by atoms with Crippen molar-refractivity contribution >= 4 is 0 Å². The molecule has 0 amide bonds. The molecular formula is C23H33F3N2O2. The summed E-state index contributed by atoms with van der Waals surface area (Å²) in [5, 5.41) is 0. The van der Waals surface area contributed by atoms with E-state index in [4.69, 9.17) is 9.47 Å². The number of ether oxygens (including phenoxy) is 2. The van der Waals surface area contributed by atoms with Crippen LogP contribution in [0, 0.1) is 5.92 Å². The van der Waals surface area contributed by atoms with Gasteiger partial charge in [0.1, 0.15) is 0 Å². The van der Waals surface area contributed by atoms with Crippen LogP contribution in [0.1, 0.15) is 55.7 Å². The van der Waals surface area contributed by atoms with Crippen molar-refractivity contribution in [1.29, 1.82) is 0 Å². The van der Waals surface area contributed by atoms with Gasteiger partial charge in [-0.05, 0) is 55.5 Å². The number of methoxy groups -OCH3 is 1. The van der Waals surface area contributed by atoms with E-state index in [0.717, 1.165) is 32.0 Å². The third kappa shape index (κ3) is 4.88. The van der Waals surface area contributed by atoms with Crippen molar-refractivity contribution < 1.29 is 22.6 Å². The minimum atomic E-state index is -4.14. The molecule has 0 radical (unpaired) electrons. The lowest BCUT2D eigenvalue weighted by molar-refractivity contribution is -0.136. The average molecular weight is 427 g/mol. The maximum atomic E-state index is 12.4. The molecule has 30 heavy (non-hydrogen) atoms. The Bertz CT molecular complexity index is 736. The van der Waals surface area contributed by atoms with Gasteiger partial charge in [-0.15, -0.1) is 0 Å². The molecule has 0 spiro atoms. The molecule has 1 aromatic carbocycles. The van der Waals surface area contributed by atoms with Gasteiger partial charge in [0.05, 0.1) is 13.7 Å². The smallest absolute Gasteiger partial charge is 0.389 e. The summed E-state index contributed by atoms with van der Waals surface area (Å²) in [5.74, 6) is 2.07. The molecule has 0 unspecified atom stereocenters. The maximum absolute atomic E-state index is 12.4. The largest absolute Gasteiger partial charge is 0.493 e. The standard InChI is InChI=1S/C23H33F3N2O2/c1-27-15-20-19-13-21(29-2)22(30-10-4-8-23(24,25)26)12-17(19)7-9-28(20)14-18(27)11-16-5-3-6-16/h12-13,16,18,20H,3-11,14-15H2,1-2H3/t18-,20-/m1/s1. The van der Waals surface area contributed by atoms with Crippen molar-refractivity contribution in [1.82, 2.24) is 9.80 Å². The molecule has 7 heteroatoms. The van der Waals surface area contributed by atoms with Gasteiger partial charge in [0.25, 0.3) is 0 Å². The van der Waals surface area contributed by atoms with Gasteiger partial charge in [-0.3, -0.25) is 4.90 Å². The minimum absolute atomic E-state index is 0.0375. The molecule has 4 rings (SSSR count). The van der Waals surface area contributed by atoms with Gasteiger partial charge in [0.2, 0.25) is 0 Å². The topological polar surface area (TPSA) is 24.9 Å². The Morgan fingerprint density at radius 3 is 2.60 bits per heavy atom. The van der Waals surface area contributed by atoms with Crippen molar-refractivity contribution in [3.8, 4) is 11.5 Å². The molecule has 4 nitrogen and oxygen atoms in total. The Kier molecular flexibility index (Phi) is 6.49. The molecule has 1 aliphatic carbocycles. The average Bonchev–Trinajstić information content (AvgIpc) is 2.66. The van der Waals surface area contributed by atoms with Crippen molar-refractivity contribution in [3.05, 3.63) is 23.3 Å². The number of rotatable bonds is 7. The van der Waals surface area contributed by atoms with Crippen LogP contribution in [0.15, 0.2) is 12.1 Å². The predicted octanol–water partition coefficient (Wildman–Crippen LogP) is 4.82. The van der Waals surface area contributed by atoms with E-state index in [0.29, 0.717) is 23.6 Å². The van der Waals surface area contributed by atoms with E-state index in [1.807, 2.05) is 12.1 Å². The number of alkyl halides is 3. The number of hydrogen-bond acceptors (Lipinski definition) is 4. The van der Waals surface area contributed by atoms with Crippen LogP contribution in [0.5, 0.6) is 11.5 Å². The lowest BCUT2D eigenvalue weighted by Crippen LogP contribution is -2.55. The fourth-order valence-electron chi connectivity index (χ4n) is 5.12. The molecule has 2 heterocycles. The minimum Gasteiger partial charge on any atom is -0.493 e. The van der Waals surface area contributed by atoms with Crippen LogP contribution in [-0.2, 0) is 6.42 Å². The summed E-state index contributed by atoms with van der Waals surface area (Å²) >= 11 is 0. The van der Waals surface area contributed by atoms with Gasteiger partial charge in [0, 0.05) is 38.1 Å². The normalized spacial score (nSPS) is 25.4. The first-order chi connectivity index (χ1) is 14.3. The number of benzene rings is 1. The van der Waals surface area contributed by atoms with Gasteiger partial charge >= 0.3 is 6.18 Å². The Labute approximate surface area is 177 Å². The van der Waals surface area contributed by atoms with E-state index in [-0.39, 0.29) is 13.0 Å². The molecule has 2 aliphatic heterocycles. The molecule has 1 saturated carbocycles. The second kappa shape index (κ2) is 8.95. The number of fused-ring (bicyclic) bond motifs is 3. The molecule has 168 valence electrons. The highest BCUT2D eigenvalue weighted by atomic mass is 19.4. The fraction of sp³-hybridized carbons (Fsp3) is 0.739. The number of halogens is 3. The second-order valence-electron chi connectivity index (χ2n) is 9.16. The van der Waals surface area contributed by atoms with Crippen molar-refractivity contribution in [3.63, 3.8) is 0 Å².